The molecule has 2 rings (SSSR count). The first-order valence-electron chi connectivity index (χ1n) is 7.22. The van der Waals surface area contributed by atoms with Crippen molar-refractivity contribution < 1.29 is 18.4 Å². The lowest BCUT2D eigenvalue weighted by Crippen LogP contribution is -2.46. The number of amides is 1. The second-order valence-corrected chi connectivity index (χ2v) is 7.97. The molecule has 0 saturated carbocycles. The first-order chi connectivity index (χ1) is 11.8. The molecule has 9 heteroatoms. The Bertz CT molecular complexity index is 860. The third kappa shape index (κ3) is 4.50. The van der Waals surface area contributed by atoms with E-state index in [1.165, 1.54) is 30.6 Å². The average Bonchev–Trinajstić information content (AvgIpc) is 2.61. The smallest absolute Gasteiger partial charge is 0.261 e. The van der Waals surface area contributed by atoms with Gasteiger partial charge in [0, 0.05) is 11.6 Å². The molecule has 2 aromatic rings. The number of nitrogens with zero attached hydrogens (tertiary/aromatic N) is 1. The molecule has 1 amide bonds. The number of sulfonamides is 1. The van der Waals surface area contributed by atoms with Crippen LogP contribution in [0.25, 0.3) is 0 Å². The van der Waals surface area contributed by atoms with Crippen LogP contribution in [0.5, 0.6) is 0 Å². The largest absolute Gasteiger partial charge is 0.289 e. The van der Waals surface area contributed by atoms with Crippen LogP contribution in [0.3, 0.4) is 0 Å². The average molecular weight is 403 g/mol. The lowest BCUT2D eigenvalue weighted by atomic mass is 10.2. The Hall–Kier alpha value is -1.64. The molecule has 6 nitrogen and oxygen atoms in total. The quantitative estimate of drug-likeness (QED) is 0.573. The van der Waals surface area contributed by atoms with Crippen LogP contribution < -0.4 is 5.48 Å². The summed E-state index contributed by atoms with van der Waals surface area (Å²) in [6.07, 6.45) is 0. The van der Waals surface area contributed by atoms with Crippen LogP contribution in [0.4, 0.5) is 0 Å². The van der Waals surface area contributed by atoms with Gasteiger partial charge in [-0.25, -0.2) is 13.9 Å². The maximum atomic E-state index is 13.1. The van der Waals surface area contributed by atoms with Gasteiger partial charge in [-0.2, -0.15) is 4.31 Å². The zero-order valence-corrected chi connectivity index (χ0v) is 15.5. The zero-order chi connectivity index (χ0) is 18.6. The molecule has 2 aromatic carbocycles. The first-order valence-corrected chi connectivity index (χ1v) is 9.41. The molecule has 0 bridgehead atoms. The summed E-state index contributed by atoms with van der Waals surface area (Å²) < 4.78 is 27.1. The van der Waals surface area contributed by atoms with Gasteiger partial charge in [-0.15, -0.1) is 0 Å². The number of nitrogens with one attached hydrogen (secondary N) is 1. The van der Waals surface area contributed by atoms with Crippen molar-refractivity contribution in [3.05, 3.63) is 64.1 Å². The van der Waals surface area contributed by atoms with Crippen molar-refractivity contribution in [3.63, 3.8) is 0 Å². The van der Waals surface area contributed by atoms with Crippen molar-refractivity contribution in [2.45, 2.75) is 24.4 Å². The number of hydrogen-bond donors (Lipinski definition) is 2. The number of hydroxylamine groups is 1. The van der Waals surface area contributed by atoms with Gasteiger partial charge in [0.15, 0.2) is 0 Å². The second-order valence-electron chi connectivity index (χ2n) is 5.26. The number of rotatable bonds is 6. The number of carbonyl (C=O) groups excluding carboxylic acids is 1. The normalized spacial score (nSPS) is 12.8. The highest BCUT2D eigenvalue weighted by molar-refractivity contribution is 7.89. The molecule has 0 saturated heterocycles. The monoisotopic (exact) mass is 402 g/mol. The predicted octanol–water partition coefficient (Wildman–Crippen LogP) is 3.08. The van der Waals surface area contributed by atoms with E-state index in [9.17, 15) is 13.2 Å². The van der Waals surface area contributed by atoms with E-state index in [2.05, 4.69) is 0 Å². The van der Waals surface area contributed by atoms with Crippen LogP contribution >= 0.6 is 23.2 Å². The van der Waals surface area contributed by atoms with Crippen LogP contribution in [0.1, 0.15) is 12.5 Å². The molecule has 0 aliphatic heterocycles. The maximum absolute atomic E-state index is 13.1. The molecule has 0 aliphatic rings. The number of carbonyl (C=O) groups is 1. The number of hydrogen-bond acceptors (Lipinski definition) is 4. The summed E-state index contributed by atoms with van der Waals surface area (Å²) in [6.45, 7) is 1.28. The highest BCUT2D eigenvalue weighted by Crippen LogP contribution is 2.29. The SMILES string of the molecule is C[C@@H](C(=O)NO)N(Cc1ccccc1)S(=O)(=O)c1cc(Cl)ccc1Cl. The lowest BCUT2D eigenvalue weighted by Gasteiger charge is -2.27. The Balaban J connectivity index is 2.53. The Labute approximate surface area is 156 Å². The summed E-state index contributed by atoms with van der Waals surface area (Å²) in [5.41, 5.74) is 2.14. The fourth-order valence-electron chi connectivity index (χ4n) is 2.22. The van der Waals surface area contributed by atoms with Gasteiger partial charge in [0.2, 0.25) is 10.0 Å². The molecule has 0 unspecified atom stereocenters. The van der Waals surface area contributed by atoms with Gasteiger partial charge in [0.05, 0.1) is 5.02 Å². The van der Waals surface area contributed by atoms with E-state index >= 15 is 0 Å². The van der Waals surface area contributed by atoms with Gasteiger partial charge in [0.1, 0.15) is 10.9 Å². The fourth-order valence-corrected chi connectivity index (χ4v) is 4.54. The van der Waals surface area contributed by atoms with Crippen LogP contribution in [0, 0.1) is 0 Å². The van der Waals surface area contributed by atoms with Crippen molar-refractivity contribution in [1.29, 1.82) is 0 Å². The first kappa shape index (κ1) is 19.7. The number of benzene rings is 2. The van der Waals surface area contributed by atoms with E-state index < -0.39 is 22.0 Å². The van der Waals surface area contributed by atoms with Crippen LogP contribution in [-0.2, 0) is 21.4 Å². The second kappa shape index (κ2) is 8.16. The minimum absolute atomic E-state index is 0.0148. The Kier molecular flexibility index (Phi) is 6.42. The Morgan fingerprint density at radius 3 is 2.44 bits per heavy atom. The molecule has 1 atom stereocenters. The molecule has 25 heavy (non-hydrogen) atoms. The van der Waals surface area contributed by atoms with E-state index in [0.29, 0.717) is 5.56 Å². The highest BCUT2D eigenvalue weighted by Gasteiger charge is 2.34. The summed E-state index contributed by atoms with van der Waals surface area (Å²) in [5, 5.41) is 9.07. The van der Waals surface area contributed by atoms with Crippen LogP contribution in [-0.4, -0.2) is 29.9 Å². The van der Waals surface area contributed by atoms with Gasteiger partial charge < -0.3 is 0 Å². The summed E-state index contributed by atoms with van der Waals surface area (Å²) in [4.78, 5) is 11.6. The molecule has 2 N–H and O–H groups in total. The van der Waals surface area contributed by atoms with E-state index in [-0.39, 0.29) is 21.5 Å². The minimum Gasteiger partial charge on any atom is -0.289 e. The molecule has 0 aliphatic carbocycles. The minimum atomic E-state index is -4.16. The number of halogens is 2. The molecule has 134 valence electrons. The summed E-state index contributed by atoms with van der Waals surface area (Å²) in [6, 6.07) is 11.6. The summed E-state index contributed by atoms with van der Waals surface area (Å²) >= 11 is 11.9. The fraction of sp³-hybridized carbons (Fsp3) is 0.188. The van der Waals surface area contributed by atoms with Gasteiger partial charge >= 0.3 is 0 Å². The van der Waals surface area contributed by atoms with Crippen molar-refractivity contribution in [2.24, 2.45) is 0 Å². The third-order valence-corrected chi connectivity index (χ3v) is 6.22. The van der Waals surface area contributed by atoms with Crippen molar-refractivity contribution in [3.8, 4) is 0 Å². The molecular formula is C16H16Cl2N2O4S. The highest BCUT2D eigenvalue weighted by atomic mass is 35.5. The Morgan fingerprint density at radius 2 is 1.84 bits per heavy atom. The molecule has 0 spiro atoms. The van der Waals surface area contributed by atoms with Crippen LogP contribution in [0.2, 0.25) is 10.0 Å². The van der Waals surface area contributed by atoms with E-state index in [1.807, 2.05) is 0 Å². The molecule has 0 radical (unpaired) electrons. The van der Waals surface area contributed by atoms with Crippen molar-refractivity contribution in [1.82, 2.24) is 9.79 Å². The van der Waals surface area contributed by atoms with Crippen LogP contribution in [0.15, 0.2) is 53.4 Å². The third-order valence-electron chi connectivity index (χ3n) is 3.58. The molecular weight excluding hydrogens is 387 g/mol. The summed E-state index contributed by atoms with van der Waals surface area (Å²) in [7, 11) is -4.16. The van der Waals surface area contributed by atoms with Gasteiger partial charge in [0.25, 0.3) is 5.91 Å². The predicted molar refractivity (Wildman–Crippen MR) is 95.0 cm³/mol. The summed E-state index contributed by atoms with van der Waals surface area (Å²) in [5.74, 6) is -0.863. The standard InChI is InChI=1S/C16H16Cl2N2O4S/c1-11(16(21)19-22)20(10-12-5-3-2-4-6-12)25(23,24)15-9-13(17)7-8-14(15)18/h2-9,11,22H,10H2,1H3,(H,19,21)/t11-/m0/s1. The molecule has 0 heterocycles. The van der Waals surface area contributed by atoms with Gasteiger partial charge in [-0.05, 0) is 30.7 Å². The molecule has 0 aromatic heterocycles. The van der Waals surface area contributed by atoms with E-state index in [1.54, 1.807) is 30.3 Å². The van der Waals surface area contributed by atoms with E-state index in [4.69, 9.17) is 28.4 Å². The van der Waals surface area contributed by atoms with Crippen molar-refractivity contribution in [2.75, 3.05) is 0 Å². The molecule has 0 fully saturated rings. The zero-order valence-electron chi connectivity index (χ0n) is 13.2. The lowest BCUT2D eigenvalue weighted by molar-refractivity contribution is -0.132. The Morgan fingerprint density at radius 1 is 1.20 bits per heavy atom. The maximum Gasteiger partial charge on any atom is 0.261 e. The van der Waals surface area contributed by atoms with Gasteiger partial charge in [-0.3, -0.25) is 10.0 Å². The topological polar surface area (TPSA) is 86.7 Å². The van der Waals surface area contributed by atoms with Crippen molar-refractivity contribution >= 4 is 39.1 Å². The van der Waals surface area contributed by atoms with Gasteiger partial charge in [-0.1, -0.05) is 53.5 Å². The van der Waals surface area contributed by atoms with E-state index in [0.717, 1.165) is 4.31 Å².